The largest absolute Gasteiger partial charge is 0.352 e. The molecule has 0 saturated heterocycles. The first kappa shape index (κ1) is 33.7. The van der Waals surface area contributed by atoms with E-state index in [0.717, 1.165) is 11.8 Å². The minimum Gasteiger partial charge on any atom is -0.352 e. The third-order valence-electron chi connectivity index (χ3n) is 6.70. The molecule has 0 heterocycles. The summed E-state index contributed by atoms with van der Waals surface area (Å²) >= 11 is 18.7. The Morgan fingerprint density at radius 1 is 0.881 bits per heavy atom. The maximum atomic E-state index is 13.9. The molecule has 226 valence electrons. The second kappa shape index (κ2) is 15.1. The van der Waals surface area contributed by atoms with Gasteiger partial charge in [0, 0.05) is 37.0 Å². The summed E-state index contributed by atoms with van der Waals surface area (Å²) in [5.41, 5.74) is 2.70. The fourth-order valence-corrected chi connectivity index (χ4v) is 6.12. The van der Waals surface area contributed by atoms with Crippen LogP contribution in [0.5, 0.6) is 0 Å². The van der Waals surface area contributed by atoms with E-state index in [0.29, 0.717) is 38.3 Å². The van der Waals surface area contributed by atoms with Gasteiger partial charge < -0.3 is 10.2 Å². The molecule has 11 heteroatoms. The number of nitrogens with one attached hydrogen (secondary N) is 1. The van der Waals surface area contributed by atoms with Crippen LogP contribution in [0.15, 0.2) is 66.7 Å². The fraction of sp³-hybridized carbons (Fsp3) is 0.355. The highest BCUT2D eigenvalue weighted by Crippen LogP contribution is 2.29. The van der Waals surface area contributed by atoms with E-state index in [1.165, 1.54) is 4.31 Å². The van der Waals surface area contributed by atoms with E-state index in [9.17, 15) is 18.0 Å². The van der Waals surface area contributed by atoms with Gasteiger partial charge in [0.1, 0.15) is 6.04 Å². The maximum absolute atomic E-state index is 13.9. The lowest BCUT2D eigenvalue weighted by Gasteiger charge is -2.32. The lowest BCUT2D eigenvalue weighted by Crippen LogP contribution is -2.51. The predicted molar refractivity (Wildman–Crippen MR) is 172 cm³/mol. The zero-order valence-corrected chi connectivity index (χ0v) is 27.2. The molecule has 0 spiro atoms. The number of anilines is 1. The summed E-state index contributed by atoms with van der Waals surface area (Å²) in [6.45, 7) is 5.65. The third kappa shape index (κ3) is 9.36. The van der Waals surface area contributed by atoms with Gasteiger partial charge in [0.15, 0.2) is 0 Å². The lowest BCUT2D eigenvalue weighted by atomic mass is 10.0. The van der Waals surface area contributed by atoms with Crippen molar-refractivity contribution in [1.29, 1.82) is 0 Å². The van der Waals surface area contributed by atoms with Crippen molar-refractivity contribution in [1.82, 2.24) is 10.2 Å². The number of benzene rings is 3. The summed E-state index contributed by atoms with van der Waals surface area (Å²) in [4.78, 5) is 29.0. The lowest BCUT2D eigenvalue weighted by molar-refractivity contribution is -0.141. The van der Waals surface area contributed by atoms with Gasteiger partial charge in [0.25, 0.3) is 0 Å². The second-order valence-electron chi connectivity index (χ2n) is 10.5. The van der Waals surface area contributed by atoms with E-state index in [2.05, 4.69) is 5.32 Å². The molecule has 0 aliphatic rings. The second-order valence-corrected chi connectivity index (χ2v) is 13.6. The van der Waals surface area contributed by atoms with Crippen LogP contribution in [-0.2, 0) is 32.6 Å². The Hall–Kier alpha value is -2.78. The van der Waals surface area contributed by atoms with Crippen molar-refractivity contribution >= 4 is 62.3 Å². The molecule has 2 amide bonds. The van der Waals surface area contributed by atoms with E-state index >= 15 is 0 Å². The Balaban J connectivity index is 1.92. The average molecular weight is 653 g/mol. The van der Waals surface area contributed by atoms with E-state index in [1.54, 1.807) is 48.2 Å². The highest BCUT2D eigenvalue weighted by Gasteiger charge is 2.31. The van der Waals surface area contributed by atoms with Crippen LogP contribution in [0.25, 0.3) is 0 Å². The molecule has 1 atom stereocenters. The number of sulfonamides is 1. The highest BCUT2D eigenvalue weighted by molar-refractivity contribution is 7.92. The van der Waals surface area contributed by atoms with Crippen molar-refractivity contribution in [3.8, 4) is 0 Å². The first-order valence-corrected chi connectivity index (χ1v) is 16.6. The molecular weight excluding hydrogens is 617 g/mol. The van der Waals surface area contributed by atoms with Crippen LogP contribution >= 0.6 is 34.8 Å². The van der Waals surface area contributed by atoms with Gasteiger partial charge in [-0.25, -0.2) is 8.42 Å². The van der Waals surface area contributed by atoms with Crippen LogP contribution in [0.4, 0.5) is 5.69 Å². The van der Waals surface area contributed by atoms with Crippen molar-refractivity contribution in [2.45, 2.75) is 58.7 Å². The number of nitrogens with zero attached hydrogens (tertiary/aromatic N) is 2. The summed E-state index contributed by atoms with van der Waals surface area (Å²) in [6, 6.07) is 18.7. The van der Waals surface area contributed by atoms with Crippen molar-refractivity contribution in [3.05, 3.63) is 98.5 Å². The first-order chi connectivity index (χ1) is 19.8. The number of halogens is 3. The normalized spacial score (nSPS) is 12.2. The van der Waals surface area contributed by atoms with Gasteiger partial charge in [-0.1, -0.05) is 77.3 Å². The minimum absolute atomic E-state index is 0.00715. The average Bonchev–Trinajstić information content (AvgIpc) is 2.92. The number of rotatable bonds is 13. The molecular formula is C31H36Cl3N3O4S. The zero-order valence-electron chi connectivity index (χ0n) is 24.1. The summed E-state index contributed by atoms with van der Waals surface area (Å²) in [5.74, 6) is -0.577. The molecule has 0 radical (unpaired) electrons. The first-order valence-electron chi connectivity index (χ1n) is 13.6. The number of carbonyl (C=O) groups excluding carboxylic acids is 2. The van der Waals surface area contributed by atoms with Gasteiger partial charge in [-0.3, -0.25) is 13.9 Å². The quantitative estimate of drug-likeness (QED) is 0.224. The number of hydrogen-bond acceptors (Lipinski definition) is 4. The number of carbonyl (C=O) groups is 2. The van der Waals surface area contributed by atoms with Gasteiger partial charge in [-0.05, 0) is 68.1 Å². The molecule has 0 saturated carbocycles. The van der Waals surface area contributed by atoms with Gasteiger partial charge >= 0.3 is 0 Å². The standard InChI is InChI=1S/C31H36Cl3N3O4S/c1-21(2)35-31(39)29(19-23-10-6-5-7-11-23)36(20-24-15-16-26(33)27(34)18-24)30(38)14-9-17-37(42(4,40)41)28-13-8-12-25(32)22(28)3/h5-8,10-13,15-16,18,21,29H,9,14,17,19-20H2,1-4H3,(H,35,39)/t29-/m1/s1. The third-order valence-corrected chi connectivity index (χ3v) is 9.03. The topological polar surface area (TPSA) is 86.8 Å². The smallest absolute Gasteiger partial charge is 0.243 e. The highest BCUT2D eigenvalue weighted by atomic mass is 35.5. The molecule has 1 N–H and O–H groups in total. The van der Waals surface area contributed by atoms with E-state index < -0.39 is 16.1 Å². The van der Waals surface area contributed by atoms with Crippen molar-refractivity contribution < 1.29 is 18.0 Å². The van der Waals surface area contributed by atoms with Crippen LogP contribution in [0.1, 0.15) is 43.4 Å². The van der Waals surface area contributed by atoms with Gasteiger partial charge in [0.2, 0.25) is 21.8 Å². The Kier molecular flexibility index (Phi) is 12.1. The van der Waals surface area contributed by atoms with Gasteiger partial charge in [0.05, 0.1) is 22.0 Å². The maximum Gasteiger partial charge on any atom is 0.243 e. The van der Waals surface area contributed by atoms with Crippen molar-refractivity contribution in [2.75, 3.05) is 17.1 Å². The molecule has 0 fully saturated rings. The van der Waals surface area contributed by atoms with Gasteiger partial charge in [-0.15, -0.1) is 0 Å². The van der Waals surface area contributed by atoms with E-state index in [4.69, 9.17) is 34.8 Å². The zero-order chi connectivity index (χ0) is 31.0. The van der Waals surface area contributed by atoms with E-state index in [-0.39, 0.29) is 43.8 Å². The molecule has 7 nitrogen and oxygen atoms in total. The molecule has 3 aromatic carbocycles. The van der Waals surface area contributed by atoms with Gasteiger partial charge in [-0.2, -0.15) is 0 Å². The van der Waals surface area contributed by atoms with Crippen molar-refractivity contribution in [3.63, 3.8) is 0 Å². The Morgan fingerprint density at radius 3 is 2.19 bits per heavy atom. The fourth-order valence-electron chi connectivity index (χ4n) is 4.62. The Morgan fingerprint density at radius 2 is 1.57 bits per heavy atom. The molecule has 0 aliphatic heterocycles. The SMILES string of the molecule is Cc1c(Cl)cccc1N(CCCC(=O)N(Cc1ccc(Cl)c(Cl)c1)[C@H](Cc1ccccc1)C(=O)NC(C)C)S(C)(=O)=O. The molecule has 0 bridgehead atoms. The number of hydrogen-bond donors (Lipinski definition) is 1. The minimum atomic E-state index is -3.66. The van der Waals surface area contributed by atoms with E-state index in [1.807, 2.05) is 44.2 Å². The summed E-state index contributed by atoms with van der Waals surface area (Å²) < 4.78 is 26.7. The van der Waals surface area contributed by atoms with Crippen LogP contribution in [0.2, 0.25) is 15.1 Å². The summed E-state index contributed by atoms with van der Waals surface area (Å²) in [6.07, 6.45) is 1.65. The predicted octanol–water partition coefficient (Wildman–Crippen LogP) is 6.67. The monoisotopic (exact) mass is 651 g/mol. The Labute approximate surface area is 263 Å². The molecule has 42 heavy (non-hydrogen) atoms. The molecule has 0 unspecified atom stereocenters. The van der Waals surface area contributed by atoms with Crippen LogP contribution in [-0.4, -0.2) is 50.0 Å². The molecule has 3 rings (SSSR count). The molecule has 0 aliphatic carbocycles. The summed E-state index contributed by atoms with van der Waals surface area (Å²) in [5, 5.41) is 4.13. The molecule has 0 aromatic heterocycles. The number of amides is 2. The van der Waals surface area contributed by atoms with Crippen LogP contribution in [0.3, 0.4) is 0 Å². The van der Waals surface area contributed by atoms with Crippen molar-refractivity contribution in [2.24, 2.45) is 0 Å². The Bertz CT molecular complexity index is 1500. The van der Waals surface area contributed by atoms with Crippen LogP contribution < -0.4 is 9.62 Å². The van der Waals surface area contributed by atoms with Crippen LogP contribution in [0, 0.1) is 6.92 Å². The molecule has 3 aromatic rings. The summed E-state index contributed by atoms with van der Waals surface area (Å²) in [7, 11) is -3.66.